The molecule has 1 heterocycles. The molecular formula is C29H45ClN4O6. The first-order valence-electron chi connectivity index (χ1n) is 14.4. The number of methoxy groups -OCH3 is 1. The number of carbonyl (C=O) groups excluding carboxylic acids is 2. The predicted molar refractivity (Wildman–Crippen MR) is 154 cm³/mol. The van der Waals surface area contributed by atoms with E-state index in [0.29, 0.717) is 24.0 Å². The van der Waals surface area contributed by atoms with Crippen LogP contribution in [0.25, 0.3) is 0 Å². The van der Waals surface area contributed by atoms with Crippen molar-refractivity contribution < 1.29 is 29.0 Å². The second-order valence-corrected chi connectivity index (χ2v) is 11.7. The number of hydrogen-bond donors (Lipinski definition) is 3. The maximum Gasteiger partial charge on any atom is 0.407 e. The Morgan fingerprint density at radius 3 is 2.58 bits per heavy atom. The molecular weight excluding hydrogens is 536 g/mol. The van der Waals surface area contributed by atoms with E-state index in [1.165, 1.54) is 31.3 Å². The van der Waals surface area contributed by atoms with Crippen LogP contribution in [0.4, 0.5) is 14.4 Å². The van der Waals surface area contributed by atoms with Gasteiger partial charge in [-0.25, -0.2) is 14.4 Å². The number of likely N-dealkylation sites (N-methyl/N-ethyl adjacent to an activating group) is 1. The van der Waals surface area contributed by atoms with Crippen LogP contribution in [0.2, 0.25) is 5.02 Å². The summed E-state index contributed by atoms with van der Waals surface area (Å²) in [5, 5.41) is 15.9. The molecule has 1 aliphatic carbocycles. The highest BCUT2D eigenvalue weighted by atomic mass is 35.5. The molecule has 2 unspecified atom stereocenters. The average molecular weight is 581 g/mol. The number of nitrogens with zero attached hydrogens (tertiary/aromatic N) is 2. The maximum absolute atomic E-state index is 13.5. The number of amides is 4. The van der Waals surface area contributed by atoms with Gasteiger partial charge in [-0.15, -0.1) is 0 Å². The molecule has 40 heavy (non-hydrogen) atoms. The molecule has 3 N–H and O–H groups in total. The van der Waals surface area contributed by atoms with Crippen molar-refractivity contribution in [2.24, 2.45) is 11.8 Å². The Bertz CT molecular complexity index is 976. The van der Waals surface area contributed by atoms with E-state index in [1.54, 1.807) is 7.05 Å². The highest BCUT2D eigenvalue weighted by Crippen LogP contribution is 2.34. The molecule has 224 valence electrons. The van der Waals surface area contributed by atoms with Crippen molar-refractivity contribution in [3.8, 4) is 0 Å². The van der Waals surface area contributed by atoms with Gasteiger partial charge in [-0.05, 0) is 49.8 Å². The molecule has 4 atom stereocenters. The van der Waals surface area contributed by atoms with Crippen LogP contribution in [-0.4, -0.2) is 85.6 Å². The number of halogens is 1. The molecule has 1 saturated heterocycles. The van der Waals surface area contributed by atoms with Gasteiger partial charge in [0.2, 0.25) is 0 Å². The first-order valence-corrected chi connectivity index (χ1v) is 14.7. The molecule has 1 aliphatic heterocycles. The largest absolute Gasteiger partial charge is 0.465 e. The molecule has 0 aromatic heterocycles. The number of alkyl carbamates (subject to hydrolysis) is 1. The molecule has 10 nitrogen and oxygen atoms in total. The van der Waals surface area contributed by atoms with Crippen molar-refractivity contribution in [1.29, 1.82) is 0 Å². The van der Waals surface area contributed by atoms with Crippen molar-refractivity contribution >= 4 is 29.8 Å². The zero-order valence-electron chi connectivity index (χ0n) is 23.9. The molecule has 2 aliphatic rings. The summed E-state index contributed by atoms with van der Waals surface area (Å²) in [4.78, 5) is 39.7. The van der Waals surface area contributed by atoms with Crippen LogP contribution >= 0.6 is 11.6 Å². The van der Waals surface area contributed by atoms with Crippen LogP contribution in [0.5, 0.6) is 0 Å². The van der Waals surface area contributed by atoms with Crippen LogP contribution in [0.1, 0.15) is 70.0 Å². The summed E-state index contributed by atoms with van der Waals surface area (Å²) in [5.41, 5.74) is 0.920. The number of carbonyl (C=O) groups is 3. The molecule has 2 fully saturated rings. The normalized spacial score (nSPS) is 20.2. The number of likely N-dealkylation sites (tertiary alicyclic amines) is 1. The number of urea groups is 1. The van der Waals surface area contributed by atoms with Crippen molar-refractivity contribution in [3.05, 3.63) is 34.9 Å². The van der Waals surface area contributed by atoms with Gasteiger partial charge < -0.3 is 35.0 Å². The molecule has 0 spiro atoms. The van der Waals surface area contributed by atoms with Gasteiger partial charge >= 0.3 is 18.2 Å². The second kappa shape index (κ2) is 15.9. The number of piperidine rings is 1. The number of rotatable bonds is 11. The molecule has 1 aromatic carbocycles. The maximum atomic E-state index is 13.5. The summed E-state index contributed by atoms with van der Waals surface area (Å²) >= 11 is 6.31. The van der Waals surface area contributed by atoms with E-state index in [-0.39, 0.29) is 43.3 Å². The number of nitrogens with one attached hydrogen (secondary N) is 2. The Morgan fingerprint density at radius 2 is 1.90 bits per heavy atom. The summed E-state index contributed by atoms with van der Waals surface area (Å²) in [6, 6.07) is 6.85. The number of hydrogen-bond acceptors (Lipinski definition) is 5. The third-order valence-corrected chi connectivity index (χ3v) is 8.15. The lowest BCUT2D eigenvalue weighted by molar-refractivity contribution is -0.0176. The first kappa shape index (κ1) is 31.8. The molecule has 11 heteroatoms. The standard InChI is InChI=1S/C29H45ClN4O6/c1-20(31-28(36)39-3)19-40-26(22-11-7-13-24(30)16-22)23-12-8-14-34(17-23)27(35)32-25(18-33(2)29(37)38)15-21-9-5-4-6-10-21/h7,11,13,16,20-21,23,25-26H,4-6,8-10,12,14-15,17-19H2,1-3H3,(H,31,36)(H,32,35)(H,37,38)/t20?,23-,25-,26?/m1/s1. The highest BCUT2D eigenvalue weighted by molar-refractivity contribution is 6.30. The quantitative estimate of drug-likeness (QED) is 0.317. The average Bonchev–Trinajstić information content (AvgIpc) is 2.93. The Labute approximate surface area is 242 Å². The van der Waals surface area contributed by atoms with Gasteiger partial charge in [0, 0.05) is 43.7 Å². The summed E-state index contributed by atoms with van der Waals surface area (Å²) < 4.78 is 11.1. The molecule has 4 amide bonds. The molecule has 1 saturated carbocycles. The molecule has 1 aromatic rings. The minimum absolute atomic E-state index is 0.0155. The van der Waals surface area contributed by atoms with E-state index in [1.807, 2.05) is 36.1 Å². The SMILES string of the molecule is COC(=O)NC(C)COC(c1cccc(Cl)c1)[C@@H]1CCCN(C(=O)N[C@H](CC2CCCCC2)CN(C)C(=O)O)C1. The fourth-order valence-corrected chi connectivity index (χ4v) is 6.06. The van der Waals surface area contributed by atoms with E-state index in [0.717, 1.165) is 37.7 Å². The zero-order chi connectivity index (χ0) is 29.1. The highest BCUT2D eigenvalue weighted by Gasteiger charge is 2.33. The van der Waals surface area contributed by atoms with Gasteiger partial charge in [0.25, 0.3) is 0 Å². The monoisotopic (exact) mass is 580 g/mol. The van der Waals surface area contributed by atoms with Crippen LogP contribution in [0.3, 0.4) is 0 Å². The van der Waals surface area contributed by atoms with Gasteiger partial charge in [0.05, 0.1) is 25.9 Å². The third-order valence-electron chi connectivity index (χ3n) is 7.92. The van der Waals surface area contributed by atoms with Crippen molar-refractivity contribution in [3.63, 3.8) is 0 Å². The smallest absolute Gasteiger partial charge is 0.407 e. The van der Waals surface area contributed by atoms with Crippen LogP contribution in [0.15, 0.2) is 24.3 Å². The number of ether oxygens (including phenoxy) is 2. The van der Waals surface area contributed by atoms with Gasteiger partial charge in [-0.3, -0.25) is 0 Å². The molecule has 0 radical (unpaired) electrons. The van der Waals surface area contributed by atoms with Gasteiger partial charge in [-0.1, -0.05) is 55.8 Å². The van der Waals surface area contributed by atoms with E-state index >= 15 is 0 Å². The summed E-state index contributed by atoms with van der Waals surface area (Å²) in [5.74, 6) is 0.512. The van der Waals surface area contributed by atoms with E-state index in [9.17, 15) is 19.5 Å². The molecule has 3 rings (SSSR count). The van der Waals surface area contributed by atoms with E-state index in [4.69, 9.17) is 21.1 Å². The Balaban J connectivity index is 1.69. The van der Waals surface area contributed by atoms with Gasteiger partial charge in [0.15, 0.2) is 0 Å². The van der Waals surface area contributed by atoms with E-state index < -0.39 is 12.2 Å². The number of benzene rings is 1. The lowest BCUT2D eigenvalue weighted by Gasteiger charge is -2.38. The zero-order valence-corrected chi connectivity index (χ0v) is 24.7. The second-order valence-electron chi connectivity index (χ2n) is 11.2. The Morgan fingerprint density at radius 1 is 1.15 bits per heavy atom. The third kappa shape index (κ3) is 10.0. The van der Waals surface area contributed by atoms with Gasteiger partial charge in [-0.2, -0.15) is 0 Å². The molecule has 0 bridgehead atoms. The van der Waals surface area contributed by atoms with Crippen LogP contribution < -0.4 is 10.6 Å². The topological polar surface area (TPSA) is 120 Å². The Hall–Kier alpha value is -2.72. The van der Waals surface area contributed by atoms with Crippen LogP contribution in [0, 0.1) is 11.8 Å². The van der Waals surface area contributed by atoms with Crippen molar-refractivity contribution in [2.45, 2.75) is 76.5 Å². The summed E-state index contributed by atoms with van der Waals surface area (Å²) in [7, 11) is 2.86. The van der Waals surface area contributed by atoms with Gasteiger partial charge in [0.1, 0.15) is 0 Å². The van der Waals surface area contributed by atoms with Crippen molar-refractivity contribution in [2.75, 3.05) is 40.4 Å². The number of carboxylic acid groups (broad SMARTS) is 1. The Kier molecular flexibility index (Phi) is 12.6. The summed E-state index contributed by atoms with van der Waals surface area (Å²) in [6.45, 7) is 3.48. The lowest BCUT2D eigenvalue weighted by Crippen LogP contribution is -2.52. The summed E-state index contributed by atoms with van der Waals surface area (Å²) in [6.07, 6.45) is 6.47. The van der Waals surface area contributed by atoms with Crippen molar-refractivity contribution in [1.82, 2.24) is 20.4 Å². The fourth-order valence-electron chi connectivity index (χ4n) is 5.86. The van der Waals surface area contributed by atoms with Crippen LogP contribution in [-0.2, 0) is 9.47 Å². The minimum atomic E-state index is -1.00. The lowest BCUT2D eigenvalue weighted by atomic mass is 9.84. The predicted octanol–water partition coefficient (Wildman–Crippen LogP) is 5.51. The van der Waals surface area contributed by atoms with E-state index in [2.05, 4.69) is 10.6 Å². The fraction of sp³-hybridized carbons (Fsp3) is 0.690. The minimum Gasteiger partial charge on any atom is -0.465 e. The first-order chi connectivity index (χ1) is 19.2.